The summed E-state index contributed by atoms with van der Waals surface area (Å²) in [5.41, 5.74) is 2.42. The molecule has 1 heterocycles. The smallest absolute Gasteiger partial charge is 0.294 e. The molecule has 0 atom stereocenters. The summed E-state index contributed by atoms with van der Waals surface area (Å²) in [6.45, 7) is 0.343. The predicted molar refractivity (Wildman–Crippen MR) is 144 cm³/mol. The first-order valence-corrected chi connectivity index (χ1v) is 13.6. The van der Waals surface area contributed by atoms with Gasteiger partial charge in [-0.1, -0.05) is 77.5 Å². The Balaban J connectivity index is 1.46. The van der Waals surface area contributed by atoms with Crippen LogP contribution in [-0.2, 0) is 16.6 Å². The third-order valence-electron chi connectivity index (χ3n) is 5.66. The average Bonchev–Trinajstić information content (AvgIpc) is 3.19. The number of rotatable bonds is 7. The van der Waals surface area contributed by atoms with Crippen molar-refractivity contribution in [3.8, 4) is 0 Å². The number of thiazole rings is 1. The Hall–Kier alpha value is -3.72. The number of benzene rings is 4. The molecule has 1 aromatic heterocycles. The van der Waals surface area contributed by atoms with Crippen molar-refractivity contribution in [2.24, 2.45) is 0 Å². The number of nitrogens with zero attached hydrogens (tertiary/aromatic N) is 1. The van der Waals surface area contributed by atoms with Crippen LogP contribution in [0.2, 0.25) is 5.02 Å². The molecule has 0 saturated heterocycles. The van der Waals surface area contributed by atoms with E-state index in [1.165, 1.54) is 12.1 Å². The van der Waals surface area contributed by atoms with Crippen LogP contribution in [0.4, 0.5) is 5.69 Å². The zero-order chi connectivity index (χ0) is 25.3. The van der Waals surface area contributed by atoms with Crippen LogP contribution >= 0.6 is 22.9 Å². The fourth-order valence-corrected chi connectivity index (χ4v) is 6.09. The third kappa shape index (κ3) is 4.83. The van der Waals surface area contributed by atoms with Gasteiger partial charge in [-0.05, 0) is 48.0 Å². The van der Waals surface area contributed by atoms with Crippen molar-refractivity contribution in [3.63, 3.8) is 0 Å². The van der Waals surface area contributed by atoms with Gasteiger partial charge in [-0.3, -0.25) is 18.9 Å². The quantitative estimate of drug-likeness (QED) is 0.267. The summed E-state index contributed by atoms with van der Waals surface area (Å²) in [6, 6.07) is 26.9. The van der Waals surface area contributed by atoms with Crippen LogP contribution in [0, 0.1) is 0 Å². The van der Waals surface area contributed by atoms with E-state index < -0.39 is 10.0 Å². The van der Waals surface area contributed by atoms with E-state index in [9.17, 15) is 18.0 Å². The Morgan fingerprint density at radius 1 is 0.889 bits per heavy atom. The number of aromatic nitrogens is 1. The molecule has 1 N–H and O–H groups in total. The van der Waals surface area contributed by atoms with Crippen LogP contribution in [0.3, 0.4) is 0 Å². The van der Waals surface area contributed by atoms with E-state index in [0.29, 0.717) is 27.3 Å². The van der Waals surface area contributed by atoms with Gasteiger partial charge in [0.15, 0.2) is 5.78 Å². The highest BCUT2D eigenvalue weighted by Gasteiger charge is 2.21. The molecule has 0 aliphatic carbocycles. The highest BCUT2D eigenvalue weighted by Crippen LogP contribution is 2.26. The van der Waals surface area contributed by atoms with Crippen LogP contribution in [0.25, 0.3) is 10.2 Å². The number of hydrogen-bond acceptors (Lipinski definition) is 5. The summed E-state index contributed by atoms with van der Waals surface area (Å²) in [5.74, 6) is -0.290. The van der Waals surface area contributed by atoms with E-state index in [1.54, 1.807) is 77.4 Å². The van der Waals surface area contributed by atoms with Gasteiger partial charge >= 0.3 is 4.87 Å². The number of carbonyl (C=O) groups excluding carboxylic acids is 1. The average molecular weight is 535 g/mol. The normalized spacial score (nSPS) is 11.5. The number of sulfonamides is 1. The number of halogens is 1. The number of anilines is 1. The Morgan fingerprint density at radius 3 is 2.33 bits per heavy atom. The monoisotopic (exact) mass is 534 g/mol. The fraction of sp³-hybridized carbons (Fsp3) is 0.0370. The van der Waals surface area contributed by atoms with Crippen LogP contribution < -0.4 is 9.60 Å². The number of ketones is 1. The lowest BCUT2D eigenvalue weighted by atomic mass is 10.0. The summed E-state index contributed by atoms with van der Waals surface area (Å²) in [4.78, 5) is 25.5. The van der Waals surface area contributed by atoms with Gasteiger partial charge in [-0.2, -0.15) is 0 Å². The minimum atomic E-state index is -4.03. The standard InChI is InChI=1S/C27H19ClN2O4S2/c28-20-12-10-18(11-13-20)17-30-24-15-14-21(16-25(24)35-27(30)32)36(33,34)29-23-9-5-4-8-22(23)26(31)19-6-2-1-3-7-19/h1-16,29H,17H2. The summed E-state index contributed by atoms with van der Waals surface area (Å²) < 4.78 is 31.2. The van der Waals surface area contributed by atoms with Crippen LogP contribution in [0.15, 0.2) is 107 Å². The van der Waals surface area contributed by atoms with Crippen molar-refractivity contribution in [2.75, 3.05) is 4.72 Å². The molecule has 0 amide bonds. The summed E-state index contributed by atoms with van der Waals surface area (Å²) >= 11 is 6.93. The first-order chi connectivity index (χ1) is 17.3. The number of para-hydroxylation sites is 1. The molecule has 0 saturated carbocycles. The number of hydrogen-bond donors (Lipinski definition) is 1. The molecule has 6 nitrogen and oxygen atoms in total. The topological polar surface area (TPSA) is 85.2 Å². The van der Waals surface area contributed by atoms with E-state index in [-0.39, 0.29) is 26.8 Å². The molecule has 9 heteroatoms. The molecule has 0 radical (unpaired) electrons. The molecule has 36 heavy (non-hydrogen) atoms. The molecule has 4 aromatic carbocycles. The number of nitrogens with one attached hydrogen (secondary N) is 1. The van der Waals surface area contributed by atoms with Gasteiger partial charge in [0.1, 0.15) is 0 Å². The van der Waals surface area contributed by atoms with Crippen molar-refractivity contribution in [2.45, 2.75) is 11.4 Å². The van der Waals surface area contributed by atoms with E-state index in [0.717, 1.165) is 16.9 Å². The van der Waals surface area contributed by atoms with Crippen molar-refractivity contribution in [1.82, 2.24) is 4.57 Å². The SMILES string of the molecule is O=C(c1ccccc1)c1ccccc1NS(=O)(=O)c1ccc2c(c1)sc(=O)n2Cc1ccc(Cl)cc1. The lowest BCUT2D eigenvalue weighted by molar-refractivity contribution is 0.103. The highest BCUT2D eigenvalue weighted by molar-refractivity contribution is 7.92. The number of fused-ring (bicyclic) bond motifs is 1. The summed E-state index contributed by atoms with van der Waals surface area (Å²) in [7, 11) is -4.03. The van der Waals surface area contributed by atoms with Crippen molar-refractivity contribution in [3.05, 3.63) is 128 Å². The summed E-state index contributed by atoms with van der Waals surface area (Å²) in [5, 5.41) is 0.607. The second-order valence-corrected chi connectivity index (χ2v) is 11.2. The predicted octanol–water partition coefficient (Wildman–Crippen LogP) is 5.80. The van der Waals surface area contributed by atoms with Crippen LogP contribution in [0.1, 0.15) is 21.5 Å². The van der Waals surface area contributed by atoms with Crippen molar-refractivity contribution < 1.29 is 13.2 Å². The molecule has 0 aliphatic heterocycles. The maximum absolute atomic E-state index is 13.3. The van der Waals surface area contributed by atoms with Gasteiger partial charge in [-0.15, -0.1) is 0 Å². The van der Waals surface area contributed by atoms with Crippen molar-refractivity contribution in [1.29, 1.82) is 0 Å². The minimum absolute atomic E-state index is 0.00291. The van der Waals surface area contributed by atoms with E-state index in [4.69, 9.17) is 11.6 Å². The van der Waals surface area contributed by atoms with Gasteiger partial charge in [0, 0.05) is 16.1 Å². The Bertz CT molecular complexity index is 1740. The highest BCUT2D eigenvalue weighted by atomic mass is 35.5. The van der Waals surface area contributed by atoms with Gasteiger partial charge in [-0.25, -0.2) is 8.42 Å². The molecule has 0 bridgehead atoms. The zero-order valence-corrected chi connectivity index (χ0v) is 21.1. The number of carbonyl (C=O) groups is 1. The second-order valence-electron chi connectivity index (χ2n) is 8.06. The molecular weight excluding hydrogens is 516 g/mol. The molecule has 5 aromatic rings. The first kappa shape index (κ1) is 24.0. The van der Waals surface area contributed by atoms with Gasteiger partial charge < -0.3 is 0 Å². The minimum Gasteiger partial charge on any atom is -0.294 e. The maximum atomic E-state index is 13.3. The molecule has 180 valence electrons. The Labute approximate surface area is 216 Å². The Morgan fingerprint density at radius 2 is 1.58 bits per heavy atom. The molecule has 0 spiro atoms. The Kier molecular flexibility index (Phi) is 6.49. The third-order valence-corrected chi connectivity index (χ3v) is 8.21. The lowest BCUT2D eigenvalue weighted by Gasteiger charge is -2.12. The molecule has 0 fully saturated rings. The second kappa shape index (κ2) is 9.73. The van der Waals surface area contributed by atoms with Crippen LogP contribution in [0.5, 0.6) is 0 Å². The van der Waals surface area contributed by atoms with Gasteiger partial charge in [0.25, 0.3) is 10.0 Å². The molecule has 0 unspecified atom stereocenters. The largest absolute Gasteiger partial charge is 0.308 e. The summed E-state index contributed by atoms with van der Waals surface area (Å²) in [6.07, 6.45) is 0. The zero-order valence-electron chi connectivity index (χ0n) is 18.7. The molecular formula is C27H19ClN2O4S2. The van der Waals surface area contributed by atoms with Gasteiger partial charge in [0.2, 0.25) is 0 Å². The van der Waals surface area contributed by atoms with Crippen molar-refractivity contribution >= 4 is 54.6 Å². The maximum Gasteiger partial charge on any atom is 0.308 e. The van der Waals surface area contributed by atoms with Gasteiger partial charge in [0.05, 0.1) is 27.3 Å². The molecule has 0 aliphatic rings. The molecule has 5 rings (SSSR count). The lowest BCUT2D eigenvalue weighted by Crippen LogP contribution is -2.16. The van der Waals surface area contributed by atoms with Crippen LogP contribution in [-0.4, -0.2) is 18.8 Å². The first-order valence-electron chi connectivity index (χ1n) is 10.9. The fourth-order valence-electron chi connectivity index (χ4n) is 3.85. The van der Waals surface area contributed by atoms with E-state index in [2.05, 4.69) is 4.72 Å². The van der Waals surface area contributed by atoms with E-state index >= 15 is 0 Å². The van der Waals surface area contributed by atoms with E-state index in [1.807, 2.05) is 12.1 Å².